The number of nitrogens with one attached hydrogen (secondary N) is 1. The van der Waals surface area contributed by atoms with E-state index in [1.807, 2.05) is 30.3 Å². The van der Waals surface area contributed by atoms with Gasteiger partial charge in [-0.3, -0.25) is 0 Å². The van der Waals surface area contributed by atoms with E-state index in [1.165, 1.54) is 4.88 Å². The van der Waals surface area contributed by atoms with E-state index in [-0.39, 0.29) is 0 Å². The second-order valence-corrected chi connectivity index (χ2v) is 6.66. The van der Waals surface area contributed by atoms with Crippen LogP contribution in [0.2, 0.25) is 4.34 Å². The van der Waals surface area contributed by atoms with Crippen LogP contribution in [0.4, 0.5) is 5.69 Å². The first-order chi connectivity index (χ1) is 7.66. The molecule has 0 aliphatic rings. The highest BCUT2D eigenvalue weighted by Gasteiger charge is 2.04. The summed E-state index contributed by atoms with van der Waals surface area (Å²) in [5, 5.41) is 3.37. The maximum absolute atomic E-state index is 5.88. The predicted molar refractivity (Wildman–Crippen MR) is 78.5 cm³/mol. The van der Waals surface area contributed by atoms with Gasteiger partial charge in [0, 0.05) is 20.4 Å². The lowest BCUT2D eigenvalue weighted by atomic mass is 10.3. The largest absolute Gasteiger partial charge is 0.378 e. The first-order valence-electron chi connectivity index (χ1n) is 4.59. The molecule has 0 saturated carbocycles. The van der Waals surface area contributed by atoms with Crippen LogP contribution in [0.25, 0.3) is 0 Å². The lowest BCUT2D eigenvalue weighted by molar-refractivity contribution is 1.18. The summed E-state index contributed by atoms with van der Waals surface area (Å²) in [5.74, 6) is 0. The lowest BCUT2D eigenvalue weighted by Gasteiger charge is -2.09. The van der Waals surface area contributed by atoms with Gasteiger partial charge in [0.15, 0.2) is 0 Å². The van der Waals surface area contributed by atoms with Crippen molar-refractivity contribution in [3.63, 3.8) is 0 Å². The van der Waals surface area contributed by atoms with Crippen molar-refractivity contribution in [3.05, 3.63) is 48.5 Å². The van der Waals surface area contributed by atoms with Crippen LogP contribution in [0, 0.1) is 0 Å². The predicted octanol–water partition coefficient (Wildman–Crippen LogP) is 5.54. The zero-order valence-electron chi connectivity index (χ0n) is 8.14. The van der Waals surface area contributed by atoms with Crippen molar-refractivity contribution >= 4 is 60.5 Å². The van der Waals surface area contributed by atoms with Crippen LogP contribution in [0.3, 0.4) is 0 Å². The zero-order valence-corrected chi connectivity index (χ0v) is 12.9. The normalized spacial score (nSPS) is 10.4. The van der Waals surface area contributed by atoms with Crippen molar-refractivity contribution in [3.8, 4) is 0 Å². The van der Waals surface area contributed by atoms with Gasteiger partial charge in [0.05, 0.1) is 10.0 Å². The molecular formula is C11H8Br2ClNS. The summed E-state index contributed by atoms with van der Waals surface area (Å²) in [5.41, 5.74) is 1.06. The van der Waals surface area contributed by atoms with Gasteiger partial charge in [-0.25, -0.2) is 0 Å². The molecule has 0 aliphatic heterocycles. The molecule has 2 aromatic rings. The zero-order chi connectivity index (χ0) is 11.5. The van der Waals surface area contributed by atoms with E-state index >= 15 is 0 Å². The van der Waals surface area contributed by atoms with Crippen molar-refractivity contribution in [1.29, 1.82) is 0 Å². The maximum atomic E-state index is 5.88. The topological polar surface area (TPSA) is 12.0 Å². The van der Waals surface area contributed by atoms with E-state index in [4.69, 9.17) is 11.6 Å². The van der Waals surface area contributed by atoms with Crippen molar-refractivity contribution in [2.24, 2.45) is 0 Å². The highest BCUT2D eigenvalue weighted by molar-refractivity contribution is 9.11. The van der Waals surface area contributed by atoms with E-state index in [0.29, 0.717) is 0 Å². The highest BCUT2D eigenvalue weighted by Crippen LogP contribution is 2.31. The van der Waals surface area contributed by atoms with E-state index in [2.05, 4.69) is 37.2 Å². The molecule has 2 rings (SSSR count). The van der Waals surface area contributed by atoms with E-state index < -0.39 is 0 Å². The fourth-order valence-corrected chi connectivity index (χ4v) is 3.60. The molecule has 5 heteroatoms. The molecule has 1 aromatic heterocycles. The summed E-state index contributed by atoms with van der Waals surface area (Å²) in [6, 6.07) is 9.95. The van der Waals surface area contributed by atoms with Gasteiger partial charge in [-0.05, 0) is 56.1 Å². The van der Waals surface area contributed by atoms with Crippen LogP contribution in [-0.4, -0.2) is 0 Å². The van der Waals surface area contributed by atoms with Gasteiger partial charge in [0.1, 0.15) is 0 Å². The van der Waals surface area contributed by atoms with Gasteiger partial charge in [0.2, 0.25) is 0 Å². The van der Waals surface area contributed by atoms with Crippen LogP contribution >= 0.6 is 54.8 Å². The summed E-state index contributed by atoms with van der Waals surface area (Å²) in [4.78, 5) is 1.22. The fraction of sp³-hybridized carbons (Fsp3) is 0.0909. The minimum Gasteiger partial charge on any atom is -0.378 e. The second kappa shape index (κ2) is 5.54. The minimum atomic E-state index is 0.776. The van der Waals surface area contributed by atoms with Crippen LogP contribution in [-0.2, 0) is 6.54 Å². The molecule has 0 radical (unpaired) electrons. The number of rotatable bonds is 3. The highest BCUT2D eigenvalue weighted by atomic mass is 79.9. The van der Waals surface area contributed by atoms with Gasteiger partial charge < -0.3 is 5.32 Å². The number of halogens is 3. The first-order valence-corrected chi connectivity index (χ1v) is 7.37. The SMILES string of the molecule is Clc1ccc(CNc2c(Br)cccc2Br)s1. The Kier molecular flexibility index (Phi) is 4.30. The monoisotopic (exact) mass is 379 g/mol. The van der Waals surface area contributed by atoms with Gasteiger partial charge in [-0.15, -0.1) is 11.3 Å². The van der Waals surface area contributed by atoms with Crippen LogP contribution in [0.1, 0.15) is 4.88 Å². The van der Waals surface area contributed by atoms with Gasteiger partial charge in [-0.1, -0.05) is 17.7 Å². The first kappa shape index (κ1) is 12.4. The molecule has 0 spiro atoms. The van der Waals surface area contributed by atoms with Crippen LogP contribution < -0.4 is 5.32 Å². The number of hydrogen-bond donors (Lipinski definition) is 1. The third-order valence-electron chi connectivity index (χ3n) is 2.03. The molecule has 1 heterocycles. The molecule has 0 saturated heterocycles. The third kappa shape index (κ3) is 3.00. The molecule has 16 heavy (non-hydrogen) atoms. The molecule has 1 aromatic carbocycles. The number of hydrogen-bond acceptors (Lipinski definition) is 2. The summed E-state index contributed by atoms with van der Waals surface area (Å²) in [6.45, 7) is 0.776. The summed E-state index contributed by atoms with van der Waals surface area (Å²) in [6.07, 6.45) is 0. The Morgan fingerprint density at radius 3 is 2.38 bits per heavy atom. The number of benzene rings is 1. The molecule has 84 valence electrons. The average molecular weight is 382 g/mol. The molecule has 0 bridgehead atoms. The van der Waals surface area contributed by atoms with E-state index in [0.717, 1.165) is 25.5 Å². The number of para-hydroxylation sites is 1. The van der Waals surface area contributed by atoms with E-state index in [9.17, 15) is 0 Å². The molecule has 1 N–H and O–H groups in total. The van der Waals surface area contributed by atoms with Gasteiger partial charge in [0.25, 0.3) is 0 Å². The molecule has 0 amide bonds. The Morgan fingerprint density at radius 1 is 1.12 bits per heavy atom. The minimum absolute atomic E-state index is 0.776. The van der Waals surface area contributed by atoms with Gasteiger partial charge >= 0.3 is 0 Å². The molecule has 0 atom stereocenters. The van der Waals surface area contributed by atoms with Crippen molar-refractivity contribution in [2.45, 2.75) is 6.54 Å². The average Bonchev–Trinajstić information content (AvgIpc) is 2.63. The van der Waals surface area contributed by atoms with Crippen molar-refractivity contribution < 1.29 is 0 Å². The van der Waals surface area contributed by atoms with Crippen LogP contribution in [0.15, 0.2) is 39.3 Å². The Hall–Kier alpha value is -0.0300. The molecule has 0 unspecified atom stereocenters. The lowest BCUT2D eigenvalue weighted by Crippen LogP contribution is -1.98. The second-order valence-electron chi connectivity index (χ2n) is 3.16. The smallest absolute Gasteiger partial charge is 0.0931 e. The quantitative estimate of drug-likeness (QED) is 0.736. The number of anilines is 1. The Labute approximate surface area is 120 Å². The summed E-state index contributed by atoms with van der Waals surface area (Å²) < 4.78 is 2.91. The van der Waals surface area contributed by atoms with Crippen molar-refractivity contribution in [2.75, 3.05) is 5.32 Å². The third-order valence-corrected chi connectivity index (χ3v) is 4.58. The van der Waals surface area contributed by atoms with E-state index in [1.54, 1.807) is 11.3 Å². The molecular weight excluding hydrogens is 373 g/mol. The van der Waals surface area contributed by atoms with Crippen molar-refractivity contribution in [1.82, 2.24) is 0 Å². The standard InChI is InChI=1S/C11H8Br2ClNS/c12-8-2-1-3-9(13)11(8)15-6-7-4-5-10(14)16-7/h1-5,15H,6H2. The number of thiophene rings is 1. The van der Waals surface area contributed by atoms with Gasteiger partial charge in [-0.2, -0.15) is 0 Å². The van der Waals surface area contributed by atoms with Crippen LogP contribution in [0.5, 0.6) is 0 Å². The Balaban J connectivity index is 2.10. The summed E-state index contributed by atoms with van der Waals surface area (Å²) in [7, 11) is 0. The Bertz CT molecular complexity index is 478. The molecule has 0 aliphatic carbocycles. The molecule has 0 fully saturated rings. The fourth-order valence-electron chi connectivity index (χ4n) is 1.29. The molecule has 1 nitrogen and oxygen atoms in total. The maximum Gasteiger partial charge on any atom is 0.0931 e. The Morgan fingerprint density at radius 2 is 1.81 bits per heavy atom. The summed E-state index contributed by atoms with van der Waals surface area (Å²) >= 11 is 14.5.